The number of benzene rings is 3. The van der Waals surface area contributed by atoms with Crippen molar-refractivity contribution in [3.8, 4) is 34.2 Å². The van der Waals surface area contributed by atoms with E-state index in [1.807, 2.05) is 91.0 Å². The summed E-state index contributed by atoms with van der Waals surface area (Å²) in [5.74, 6) is 1.17. The zero-order valence-corrected chi connectivity index (χ0v) is 19.5. The summed E-state index contributed by atoms with van der Waals surface area (Å²) < 4.78 is 5.28. The molecule has 0 spiro atoms. The lowest BCUT2D eigenvalue weighted by atomic mass is 9.99. The molecule has 0 fully saturated rings. The number of aromatic nitrogens is 1. The zero-order chi connectivity index (χ0) is 23.8. The van der Waals surface area contributed by atoms with Crippen molar-refractivity contribution in [2.75, 3.05) is 18.2 Å². The van der Waals surface area contributed by atoms with Gasteiger partial charge in [0.05, 0.1) is 18.4 Å². The molecule has 1 N–H and O–H groups in total. The third-order valence-corrected chi connectivity index (χ3v) is 6.17. The number of nitriles is 1. The average Bonchev–Trinajstić information content (AvgIpc) is 2.89. The minimum atomic E-state index is -0.0770. The van der Waals surface area contributed by atoms with E-state index in [9.17, 15) is 10.1 Å². The van der Waals surface area contributed by atoms with Crippen LogP contribution < -0.4 is 10.1 Å². The number of hydrogen-bond acceptors (Lipinski definition) is 5. The van der Waals surface area contributed by atoms with Gasteiger partial charge in [0.2, 0.25) is 5.91 Å². The number of anilines is 1. The van der Waals surface area contributed by atoms with E-state index in [4.69, 9.17) is 9.72 Å². The van der Waals surface area contributed by atoms with Crippen molar-refractivity contribution in [1.29, 1.82) is 5.26 Å². The van der Waals surface area contributed by atoms with Gasteiger partial charge in [-0.1, -0.05) is 60.7 Å². The number of carbonyl (C=O) groups is 1. The van der Waals surface area contributed by atoms with Gasteiger partial charge in [0.15, 0.2) is 0 Å². The summed E-state index contributed by atoms with van der Waals surface area (Å²) >= 11 is 1.42. The number of carbonyl (C=O) groups excluding carboxylic acids is 1. The number of hydrogen-bond donors (Lipinski definition) is 1. The second-order valence-corrected chi connectivity index (χ2v) is 8.54. The third kappa shape index (κ3) is 5.64. The molecule has 0 aliphatic rings. The summed E-state index contributed by atoms with van der Waals surface area (Å²) in [7, 11) is 1.62. The predicted molar refractivity (Wildman–Crippen MR) is 137 cm³/mol. The van der Waals surface area contributed by atoms with E-state index in [0.717, 1.165) is 33.8 Å². The van der Waals surface area contributed by atoms with Crippen LogP contribution in [0.5, 0.6) is 5.75 Å². The molecule has 34 heavy (non-hydrogen) atoms. The number of rotatable bonds is 8. The SMILES string of the molecule is COc1ccc(-c2cc(-c3ccccc3)nc(SCCC(=O)Nc3ccccc3)c2C#N)cc1. The van der Waals surface area contributed by atoms with Crippen molar-refractivity contribution in [3.63, 3.8) is 0 Å². The number of nitrogens with one attached hydrogen (secondary N) is 1. The van der Waals surface area contributed by atoms with Gasteiger partial charge in [0, 0.05) is 29.0 Å². The van der Waals surface area contributed by atoms with Crippen molar-refractivity contribution in [3.05, 3.63) is 96.6 Å². The molecular weight excluding hydrogens is 442 g/mol. The number of amides is 1. The van der Waals surface area contributed by atoms with Crippen LogP contribution in [0.3, 0.4) is 0 Å². The first-order valence-electron chi connectivity index (χ1n) is 10.8. The van der Waals surface area contributed by atoms with E-state index in [2.05, 4.69) is 11.4 Å². The molecule has 0 aliphatic carbocycles. The van der Waals surface area contributed by atoms with Gasteiger partial charge < -0.3 is 10.1 Å². The fraction of sp³-hybridized carbons (Fsp3) is 0.107. The summed E-state index contributed by atoms with van der Waals surface area (Å²) in [6.07, 6.45) is 0.305. The van der Waals surface area contributed by atoms with Crippen LogP contribution in [0.4, 0.5) is 5.69 Å². The lowest BCUT2D eigenvalue weighted by molar-refractivity contribution is -0.115. The van der Waals surface area contributed by atoms with Gasteiger partial charge in [-0.3, -0.25) is 4.79 Å². The van der Waals surface area contributed by atoms with Crippen molar-refractivity contribution in [2.24, 2.45) is 0 Å². The van der Waals surface area contributed by atoms with Gasteiger partial charge in [-0.05, 0) is 35.9 Å². The third-order valence-electron chi connectivity index (χ3n) is 5.19. The molecule has 3 aromatic carbocycles. The molecule has 0 unspecified atom stereocenters. The number of nitrogens with zero attached hydrogens (tertiary/aromatic N) is 2. The highest BCUT2D eigenvalue weighted by atomic mass is 32.2. The molecule has 4 rings (SSSR count). The molecule has 0 aliphatic heterocycles. The molecule has 0 saturated heterocycles. The van der Waals surface area contributed by atoms with Crippen LogP contribution in [0.1, 0.15) is 12.0 Å². The van der Waals surface area contributed by atoms with E-state index >= 15 is 0 Å². The number of ether oxygens (including phenoxy) is 1. The Morgan fingerprint density at radius 1 is 0.971 bits per heavy atom. The Balaban J connectivity index is 1.62. The molecule has 5 nitrogen and oxygen atoms in total. The first-order valence-corrected chi connectivity index (χ1v) is 11.8. The lowest BCUT2D eigenvalue weighted by Crippen LogP contribution is -2.12. The summed E-state index contributed by atoms with van der Waals surface area (Å²) in [5.41, 5.74) is 4.71. The quantitative estimate of drug-likeness (QED) is 0.304. The maximum absolute atomic E-state index is 12.4. The van der Waals surface area contributed by atoms with Crippen molar-refractivity contribution < 1.29 is 9.53 Å². The van der Waals surface area contributed by atoms with Gasteiger partial charge >= 0.3 is 0 Å². The van der Waals surface area contributed by atoms with Gasteiger partial charge in [0.25, 0.3) is 0 Å². The van der Waals surface area contributed by atoms with Crippen LogP contribution in [0.2, 0.25) is 0 Å². The normalized spacial score (nSPS) is 10.4. The Bertz CT molecular complexity index is 1300. The highest BCUT2D eigenvalue weighted by molar-refractivity contribution is 7.99. The molecule has 0 atom stereocenters. The monoisotopic (exact) mass is 465 g/mol. The highest BCUT2D eigenvalue weighted by Gasteiger charge is 2.16. The van der Waals surface area contributed by atoms with Crippen LogP contribution in [-0.4, -0.2) is 23.8 Å². The summed E-state index contributed by atoms with van der Waals surface area (Å²) in [6, 6.07) is 31.1. The minimum Gasteiger partial charge on any atom is -0.497 e. The molecular formula is C28H23N3O2S. The first-order chi connectivity index (χ1) is 16.7. The van der Waals surface area contributed by atoms with E-state index in [1.54, 1.807) is 7.11 Å². The van der Waals surface area contributed by atoms with Gasteiger partial charge in [-0.15, -0.1) is 11.8 Å². The van der Waals surface area contributed by atoms with E-state index in [1.165, 1.54) is 11.8 Å². The van der Waals surface area contributed by atoms with E-state index < -0.39 is 0 Å². The average molecular weight is 466 g/mol. The lowest BCUT2D eigenvalue weighted by Gasteiger charge is -2.13. The predicted octanol–water partition coefficient (Wildman–Crippen LogP) is 6.42. The van der Waals surface area contributed by atoms with Gasteiger partial charge in [0.1, 0.15) is 16.8 Å². The van der Waals surface area contributed by atoms with Crippen molar-refractivity contribution in [1.82, 2.24) is 4.98 Å². The maximum atomic E-state index is 12.4. The second-order valence-electron chi connectivity index (χ2n) is 7.45. The summed E-state index contributed by atoms with van der Waals surface area (Å²) in [5, 5.41) is 13.5. The van der Waals surface area contributed by atoms with Crippen LogP contribution in [0.15, 0.2) is 96.0 Å². The molecule has 0 bridgehead atoms. The van der Waals surface area contributed by atoms with Crippen LogP contribution >= 0.6 is 11.8 Å². The van der Waals surface area contributed by atoms with Gasteiger partial charge in [-0.25, -0.2) is 4.98 Å². The Hall–Kier alpha value is -4.08. The van der Waals surface area contributed by atoms with Gasteiger partial charge in [-0.2, -0.15) is 5.26 Å². The standard InChI is InChI=1S/C28H23N3O2S/c1-33-23-14-12-20(13-15-23)24-18-26(21-8-4-2-5-9-21)31-28(25(24)19-29)34-17-16-27(32)30-22-10-6-3-7-11-22/h2-15,18H,16-17H2,1H3,(H,30,32). The fourth-order valence-corrected chi connectivity index (χ4v) is 4.42. The Kier molecular flexibility index (Phi) is 7.59. The number of thioether (sulfide) groups is 1. The molecule has 4 aromatic rings. The largest absolute Gasteiger partial charge is 0.497 e. The zero-order valence-electron chi connectivity index (χ0n) is 18.7. The minimum absolute atomic E-state index is 0.0770. The highest BCUT2D eigenvalue weighted by Crippen LogP contribution is 2.35. The Labute approximate surface area is 203 Å². The summed E-state index contributed by atoms with van der Waals surface area (Å²) in [4.78, 5) is 17.2. The topological polar surface area (TPSA) is 75.0 Å². The van der Waals surface area contributed by atoms with Crippen LogP contribution in [-0.2, 0) is 4.79 Å². The number of pyridine rings is 1. The molecule has 1 aromatic heterocycles. The Morgan fingerprint density at radius 3 is 2.29 bits per heavy atom. The number of methoxy groups -OCH3 is 1. The van der Waals surface area contributed by atoms with E-state index in [-0.39, 0.29) is 5.91 Å². The first kappa shape index (κ1) is 23.1. The smallest absolute Gasteiger partial charge is 0.225 e. The molecule has 6 heteroatoms. The Morgan fingerprint density at radius 2 is 1.65 bits per heavy atom. The van der Waals surface area contributed by atoms with Crippen LogP contribution in [0, 0.1) is 11.3 Å². The molecule has 0 radical (unpaired) electrons. The molecule has 1 heterocycles. The maximum Gasteiger partial charge on any atom is 0.225 e. The number of para-hydroxylation sites is 1. The molecule has 1 amide bonds. The molecule has 0 saturated carbocycles. The molecule has 168 valence electrons. The van der Waals surface area contributed by atoms with Crippen molar-refractivity contribution in [2.45, 2.75) is 11.4 Å². The van der Waals surface area contributed by atoms with Crippen LogP contribution in [0.25, 0.3) is 22.4 Å². The second kappa shape index (κ2) is 11.2. The van der Waals surface area contributed by atoms with Crippen molar-refractivity contribution >= 4 is 23.4 Å². The summed E-state index contributed by atoms with van der Waals surface area (Å²) in [6.45, 7) is 0. The van der Waals surface area contributed by atoms with E-state index in [0.29, 0.717) is 22.8 Å². The fourth-order valence-electron chi connectivity index (χ4n) is 3.47.